The van der Waals surface area contributed by atoms with E-state index in [0.29, 0.717) is 6.42 Å². The van der Waals surface area contributed by atoms with E-state index in [1.54, 1.807) is 6.92 Å². The molecule has 3 N–H and O–H groups in total. The second kappa shape index (κ2) is 9.07. The first-order valence-corrected chi connectivity index (χ1v) is 6.20. The fourth-order valence-electron chi connectivity index (χ4n) is 1.18. The van der Waals surface area contributed by atoms with Gasteiger partial charge in [-0.05, 0) is 13.8 Å². The topological polar surface area (TPSA) is 104 Å². The maximum atomic E-state index is 11.5. The van der Waals surface area contributed by atoms with Crippen molar-refractivity contribution in [2.75, 3.05) is 13.1 Å². The van der Waals surface area contributed by atoms with Gasteiger partial charge in [-0.2, -0.15) is 0 Å². The lowest BCUT2D eigenvalue weighted by molar-refractivity contribution is -0.129. The van der Waals surface area contributed by atoms with E-state index in [9.17, 15) is 19.2 Å². The van der Waals surface area contributed by atoms with E-state index in [1.165, 1.54) is 13.8 Å². The number of hydrogen-bond donors (Lipinski definition) is 3. The third kappa shape index (κ3) is 8.76. The van der Waals surface area contributed by atoms with Crippen LogP contribution >= 0.6 is 0 Å². The van der Waals surface area contributed by atoms with Crippen molar-refractivity contribution in [2.45, 2.75) is 39.7 Å². The molecular weight excluding hydrogens is 250 g/mol. The van der Waals surface area contributed by atoms with Gasteiger partial charge in [0, 0.05) is 19.4 Å². The number of rotatable bonds is 8. The predicted molar refractivity (Wildman–Crippen MR) is 69.2 cm³/mol. The number of hydrogen-bond acceptors (Lipinski definition) is 4. The van der Waals surface area contributed by atoms with Gasteiger partial charge in [0.2, 0.25) is 17.7 Å². The first kappa shape index (κ1) is 17.1. The Hall–Kier alpha value is -1.92. The molecule has 0 saturated heterocycles. The third-order valence-electron chi connectivity index (χ3n) is 2.28. The van der Waals surface area contributed by atoms with E-state index in [4.69, 9.17) is 0 Å². The summed E-state index contributed by atoms with van der Waals surface area (Å²) in [6, 6.07) is -0.714. The maximum Gasteiger partial charge on any atom is 0.242 e. The first-order chi connectivity index (χ1) is 8.86. The van der Waals surface area contributed by atoms with Crippen LogP contribution in [0.3, 0.4) is 0 Å². The molecule has 0 saturated carbocycles. The van der Waals surface area contributed by atoms with Crippen LogP contribution in [0.5, 0.6) is 0 Å². The number of carbonyl (C=O) groups is 4. The van der Waals surface area contributed by atoms with E-state index in [2.05, 4.69) is 16.0 Å². The van der Waals surface area contributed by atoms with Crippen LogP contribution in [-0.4, -0.2) is 42.6 Å². The molecule has 0 aromatic rings. The zero-order chi connectivity index (χ0) is 14.8. The van der Waals surface area contributed by atoms with Crippen molar-refractivity contribution in [3.05, 3.63) is 0 Å². The van der Waals surface area contributed by atoms with Crippen molar-refractivity contribution < 1.29 is 19.2 Å². The molecule has 0 aliphatic heterocycles. The van der Waals surface area contributed by atoms with Gasteiger partial charge in [0.25, 0.3) is 0 Å². The molecule has 3 amide bonds. The van der Waals surface area contributed by atoms with E-state index in [1.807, 2.05) is 0 Å². The summed E-state index contributed by atoms with van der Waals surface area (Å²) in [6.45, 7) is 4.79. The average molecular weight is 271 g/mol. The van der Waals surface area contributed by atoms with Crippen molar-refractivity contribution in [3.63, 3.8) is 0 Å². The number of amides is 3. The Morgan fingerprint density at radius 1 is 1.05 bits per heavy atom. The Labute approximate surface area is 112 Å². The lowest BCUT2D eigenvalue weighted by Gasteiger charge is -2.13. The van der Waals surface area contributed by atoms with Crippen LogP contribution in [0.2, 0.25) is 0 Å². The standard InChI is InChI=1S/C12H21N3O4/c1-4-10(17)13-6-5-11(18)15-9(3)12(19)14-7-8(2)16/h9H,4-7H2,1-3H3,(H,13,17)(H,14,19)(H,15,18). The average Bonchev–Trinajstić information content (AvgIpc) is 2.35. The van der Waals surface area contributed by atoms with E-state index in [-0.39, 0.29) is 37.1 Å². The molecule has 0 radical (unpaired) electrons. The minimum Gasteiger partial charge on any atom is -0.356 e. The van der Waals surface area contributed by atoms with Gasteiger partial charge in [-0.25, -0.2) is 0 Å². The molecule has 0 spiro atoms. The van der Waals surface area contributed by atoms with Crippen LogP contribution < -0.4 is 16.0 Å². The van der Waals surface area contributed by atoms with E-state index in [0.717, 1.165) is 0 Å². The molecule has 0 aliphatic carbocycles. The normalized spacial score (nSPS) is 11.3. The number of carbonyl (C=O) groups excluding carboxylic acids is 4. The third-order valence-corrected chi connectivity index (χ3v) is 2.28. The molecule has 7 heteroatoms. The molecule has 0 fully saturated rings. The van der Waals surface area contributed by atoms with Gasteiger partial charge >= 0.3 is 0 Å². The molecule has 0 aliphatic rings. The molecule has 0 rings (SSSR count). The molecule has 0 heterocycles. The van der Waals surface area contributed by atoms with Gasteiger partial charge in [0.1, 0.15) is 11.8 Å². The van der Waals surface area contributed by atoms with Gasteiger partial charge in [0.05, 0.1) is 6.54 Å². The summed E-state index contributed by atoms with van der Waals surface area (Å²) >= 11 is 0. The summed E-state index contributed by atoms with van der Waals surface area (Å²) in [5, 5.41) is 7.44. The van der Waals surface area contributed by atoms with Crippen LogP contribution in [0.1, 0.15) is 33.6 Å². The minimum atomic E-state index is -0.714. The first-order valence-electron chi connectivity index (χ1n) is 6.20. The van der Waals surface area contributed by atoms with Gasteiger partial charge in [0.15, 0.2) is 0 Å². The highest BCUT2D eigenvalue weighted by molar-refractivity contribution is 5.90. The molecule has 0 aromatic carbocycles. The van der Waals surface area contributed by atoms with Gasteiger partial charge in [-0.1, -0.05) is 6.92 Å². The molecule has 108 valence electrons. The summed E-state index contributed by atoms with van der Waals surface area (Å²) in [6.07, 6.45) is 0.474. The highest BCUT2D eigenvalue weighted by Crippen LogP contribution is 1.86. The van der Waals surface area contributed by atoms with Crippen LogP contribution in [0.15, 0.2) is 0 Å². The summed E-state index contributed by atoms with van der Waals surface area (Å²) < 4.78 is 0. The monoisotopic (exact) mass is 271 g/mol. The van der Waals surface area contributed by atoms with Crippen molar-refractivity contribution in [2.24, 2.45) is 0 Å². The largest absolute Gasteiger partial charge is 0.356 e. The van der Waals surface area contributed by atoms with Crippen molar-refractivity contribution in [3.8, 4) is 0 Å². The molecule has 0 aromatic heterocycles. The lowest BCUT2D eigenvalue weighted by Crippen LogP contribution is -2.46. The molecule has 19 heavy (non-hydrogen) atoms. The summed E-state index contributed by atoms with van der Waals surface area (Å²) in [5.74, 6) is -1.03. The van der Waals surface area contributed by atoms with E-state index < -0.39 is 11.9 Å². The summed E-state index contributed by atoms with van der Waals surface area (Å²) in [4.78, 5) is 44.5. The maximum absolute atomic E-state index is 11.5. The predicted octanol–water partition coefficient (Wildman–Crippen LogP) is -0.887. The highest BCUT2D eigenvalue weighted by atomic mass is 16.2. The van der Waals surface area contributed by atoms with Gasteiger partial charge in [-0.15, -0.1) is 0 Å². The van der Waals surface area contributed by atoms with Crippen LogP contribution in [0, 0.1) is 0 Å². The SMILES string of the molecule is CCC(=O)NCCC(=O)NC(C)C(=O)NCC(C)=O. The summed E-state index contributed by atoms with van der Waals surface area (Å²) in [7, 11) is 0. The van der Waals surface area contributed by atoms with Crippen LogP contribution in [0.25, 0.3) is 0 Å². The number of ketones is 1. The van der Waals surface area contributed by atoms with Crippen molar-refractivity contribution >= 4 is 23.5 Å². The fourth-order valence-corrected chi connectivity index (χ4v) is 1.18. The Balaban J connectivity index is 3.88. The molecule has 1 atom stereocenters. The smallest absolute Gasteiger partial charge is 0.242 e. The van der Waals surface area contributed by atoms with Gasteiger partial charge < -0.3 is 16.0 Å². The van der Waals surface area contributed by atoms with Crippen molar-refractivity contribution in [1.29, 1.82) is 0 Å². The van der Waals surface area contributed by atoms with Crippen molar-refractivity contribution in [1.82, 2.24) is 16.0 Å². The molecule has 1 unspecified atom stereocenters. The summed E-state index contributed by atoms with van der Waals surface area (Å²) in [5.41, 5.74) is 0. The van der Waals surface area contributed by atoms with Gasteiger partial charge in [-0.3, -0.25) is 19.2 Å². The minimum absolute atomic E-state index is 0.0500. The van der Waals surface area contributed by atoms with E-state index >= 15 is 0 Å². The molecular formula is C12H21N3O4. The Kier molecular flexibility index (Phi) is 8.15. The van der Waals surface area contributed by atoms with Crippen LogP contribution in [-0.2, 0) is 19.2 Å². The fraction of sp³-hybridized carbons (Fsp3) is 0.667. The Bertz CT molecular complexity index is 355. The molecule has 0 bridgehead atoms. The highest BCUT2D eigenvalue weighted by Gasteiger charge is 2.15. The zero-order valence-corrected chi connectivity index (χ0v) is 11.5. The Morgan fingerprint density at radius 3 is 2.21 bits per heavy atom. The Morgan fingerprint density at radius 2 is 1.68 bits per heavy atom. The second-order valence-corrected chi connectivity index (χ2v) is 4.16. The zero-order valence-electron chi connectivity index (χ0n) is 11.5. The van der Waals surface area contributed by atoms with Crippen LogP contribution in [0.4, 0.5) is 0 Å². The second-order valence-electron chi connectivity index (χ2n) is 4.16. The quantitative estimate of drug-likeness (QED) is 0.533. The number of Topliss-reactive ketones (excluding diaryl/α,β-unsaturated/α-hetero) is 1. The molecule has 7 nitrogen and oxygen atoms in total. The number of nitrogens with one attached hydrogen (secondary N) is 3. The lowest BCUT2D eigenvalue weighted by atomic mass is 10.2.